The summed E-state index contributed by atoms with van der Waals surface area (Å²) in [5.41, 5.74) is -1.01. The van der Waals surface area contributed by atoms with Crippen LogP contribution in [0.25, 0.3) is 0 Å². The van der Waals surface area contributed by atoms with Crippen molar-refractivity contribution in [2.45, 2.75) is 44.9 Å². The van der Waals surface area contributed by atoms with Crippen LogP contribution in [0.4, 0.5) is 5.69 Å². The van der Waals surface area contributed by atoms with Crippen LogP contribution in [0.1, 0.15) is 47.2 Å². The summed E-state index contributed by atoms with van der Waals surface area (Å²) in [6, 6.07) is 7.56. The van der Waals surface area contributed by atoms with Crippen molar-refractivity contribution in [3.05, 3.63) is 88.4 Å². The van der Waals surface area contributed by atoms with E-state index in [-0.39, 0.29) is 30.8 Å². The highest BCUT2D eigenvalue weighted by Crippen LogP contribution is 2.29. The first-order valence-electron chi connectivity index (χ1n) is 13.8. The Labute approximate surface area is 253 Å². The number of terminal acetylenes is 1. The van der Waals surface area contributed by atoms with E-state index in [1.54, 1.807) is 31.3 Å². The van der Waals surface area contributed by atoms with E-state index in [0.717, 1.165) is 10.9 Å². The lowest BCUT2D eigenvalue weighted by Crippen LogP contribution is -2.44. The Morgan fingerprint density at radius 2 is 2.14 bits per heavy atom. The van der Waals surface area contributed by atoms with E-state index in [2.05, 4.69) is 32.0 Å². The molecule has 0 saturated carbocycles. The molecule has 13 nitrogen and oxygen atoms in total. The van der Waals surface area contributed by atoms with Crippen LogP contribution in [0, 0.1) is 24.7 Å². The van der Waals surface area contributed by atoms with E-state index >= 15 is 0 Å². The second-order valence-corrected chi connectivity index (χ2v) is 10.3. The highest BCUT2D eigenvalue weighted by Gasteiger charge is 2.36. The van der Waals surface area contributed by atoms with Crippen molar-refractivity contribution in [2.24, 2.45) is 5.41 Å². The number of aromatic nitrogens is 3. The number of nitrogens with zero attached hydrogens (tertiary/aromatic N) is 3. The number of aryl methyl sites for hydroxylation is 1. The van der Waals surface area contributed by atoms with Crippen molar-refractivity contribution in [1.29, 1.82) is 0 Å². The Morgan fingerprint density at radius 1 is 1.30 bits per heavy atom. The molecule has 3 aromatic rings. The van der Waals surface area contributed by atoms with Gasteiger partial charge in [0.15, 0.2) is 5.69 Å². The fourth-order valence-corrected chi connectivity index (χ4v) is 4.78. The number of nitrogens with one attached hydrogen (secondary N) is 3. The van der Waals surface area contributed by atoms with Gasteiger partial charge in [-0.1, -0.05) is 17.3 Å². The van der Waals surface area contributed by atoms with Crippen molar-refractivity contribution in [3.63, 3.8) is 0 Å². The number of anilines is 1. The number of hydrogen-bond acceptors (Lipinski definition) is 10. The summed E-state index contributed by atoms with van der Waals surface area (Å²) in [6.45, 7) is 2.60. The topological polar surface area (TPSA) is 175 Å². The lowest BCUT2D eigenvalue weighted by atomic mass is 9.82. The van der Waals surface area contributed by atoms with Gasteiger partial charge in [-0.15, -0.1) is 12.3 Å². The van der Waals surface area contributed by atoms with Crippen LogP contribution in [-0.2, 0) is 25.7 Å². The van der Waals surface area contributed by atoms with Crippen LogP contribution < -0.4 is 21.5 Å². The normalized spacial score (nSPS) is 17.4. The monoisotopic (exact) mass is 600 g/mol. The molecular weight excluding hydrogens is 568 g/mol. The van der Waals surface area contributed by atoms with Gasteiger partial charge < -0.3 is 34.6 Å². The van der Waals surface area contributed by atoms with Crippen LogP contribution in [-0.4, -0.2) is 57.9 Å². The predicted molar refractivity (Wildman–Crippen MR) is 158 cm³/mol. The maximum atomic E-state index is 13.6. The van der Waals surface area contributed by atoms with Gasteiger partial charge in [0.05, 0.1) is 5.69 Å². The zero-order valence-electron chi connectivity index (χ0n) is 24.0. The molecule has 1 saturated heterocycles. The van der Waals surface area contributed by atoms with Crippen LogP contribution in [0.2, 0.25) is 0 Å². The summed E-state index contributed by atoms with van der Waals surface area (Å²) < 4.78 is 11.3. The molecular formula is C31H32N6O7. The average molecular weight is 601 g/mol. The quantitative estimate of drug-likeness (QED) is 0.113. The number of carbonyl (C=O) groups excluding carboxylic acids is 4. The molecule has 3 aromatic heterocycles. The SMILES string of the molecule is C#CC[C@H](C(=O)N[C@H](/C=C/C(=O)OCc1ccccn1)C[C@@]1(C=O)CCNC1)n1cccc(NC(=O)c2cc(C)on2)c1=O. The maximum absolute atomic E-state index is 13.6. The maximum Gasteiger partial charge on any atom is 0.330 e. The smallest absolute Gasteiger partial charge is 0.330 e. The summed E-state index contributed by atoms with van der Waals surface area (Å²) in [6.07, 6.45) is 12.6. The van der Waals surface area contributed by atoms with E-state index < -0.39 is 40.8 Å². The van der Waals surface area contributed by atoms with E-state index in [4.69, 9.17) is 15.7 Å². The number of aldehydes is 1. The van der Waals surface area contributed by atoms with Gasteiger partial charge in [0, 0.05) is 49.0 Å². The molecule has 0 spiro atoms. The number of esters is 1. The van der Waals surface area contributed by atoms with Gasteiger partial charge in [-0.3, -0.25) is 19.4 Å². The van der Waals surface area contributed by atoms with Gasteiger partial charge in [-0.05, 0) is 50.6 Å². The van der Waals surface area contributed by atoms with E-state index in [0.29, 0.717) is 31.0 Å². The summed E-state index contributed by atoms with van der Waals surface area (Å²) in [5.74, 6) is 0.880. The fraction of sp³-hybridized carbons (Fsp3) is 0.323. The number of hydrogen-bond donors (Lipinski definition) is 3. The van der Waals surface area contributed by atoms with E-state index in [9.17, 15) is 24.0 Å². The first-order valence-corrected chi connectivity index (χ1v) is 13.8. The second-order valence-electron chi connectivity index (χ2n) is 10.3. The Hall–Kier alpha value is -5.35. The Balaban J connectivity index is 1.53. The summed E-state index contributed by atoms with van der Waals surface area (Å²) in [7, 11) is 0. The van der Waals surface area contributed by atoms with Crippen LogP contribution in [0.5, 0.6) is 0 Å². The van der Waals surface area contributed by atoms with Crippen molar-refractivity contribution in [2.75, 3.05) is 18.4 Å². The molecule has 2 amide bonds. The minimum absolute atomic E-state index is 0.0195. The minimum Gasteiger partial charge on any atom is -0.456 e. The van der Waals surface area contributed by atoms with Crippen molar-refractivity contribution in [3.8, 4) is 12.3 Å². The van der Waals surface area contributed by atoms with Gasteiger partial charge in [-0.25, -0.2) is 4.79 Å². The summed E-state index contributed by atoms with van der Waals surface area (Å²) in [4.78, 5) is 68.2. The number of ether oxygens (including phenoxy) is 1. The zero-order valence-corrected chi connectivity index (χ0v) is 24.0. The van der Waals surface area contributed by atoms with E-state index in [1.807, 2.05) is 0 Å². The number of carbonyl (C=O) groups is 4. The zero-order chi connectivity index (χ0) is 31.5. The van der Waals surface area contributed by atoms with Crippen molar-refractivity contribution in [1.82, 2.24) is 25.3 Å². The minimum atomic E-state index is -1.17. The predicted octanol–water partition coefficient (Wildman–Crippen LogP) is 1.71. The average Bonchev–Trinajstić information content (AvgIpc) is 3.69. The molecule has 228 valence electrons. The van der Waals surface area contributed by atoms with E-state index in [1.165, 1.54) is 36.5 Å². The first-order chi connectivity index (χ1) is 21.2. The molecule has 44 heavy (non-hydrogen) atoms. The van der Waals surface area contributed by atoms with Gasteiger partial charge in [0.1, 0.15) is 30.4 Å². The summed E-state index contributed by atoms with van der Waals surface area (Å²) >= 11 is 0. The fourth-order valence-electron chi connectivity index (χ4n) is 4.78. The molecule has 0 radical (unpaired) electrons. The standard InChI is InChI=1S/C31H32N6O7/c1-3-7-26(37-15-6-9-24(30(37)42)35-28(40)25-16-21(2)44-36-25)29(41)34-22(17-31(20-38)12-14-32-19-31)10-11-27(39)43-18-23-8-4-5-13-33-23/h1,4-6,8-11,13,15-16,20,22,26,32H,7,12,14,17-19H2,2H3,(H,34,41)(H,35,40)/b11-10+/t22-,26-,31+/m1/s1. The molecule has 3 N–H and O–H groups in total. The summed E-state index contributed by atoms with van der Waals surface area (Å²) in [5, 5.41) is 12.1. The third kappa shape index (κ3) is 8.14. The van der Waals surface area contributed by atoms with Gasteiger partial charge >= 0.3 is 5.97 Å². The third-order valence-electron chi connectivity index (χ3n) is 7.07. The molecule has 4 rings (SSSR count). The third-order valence-corrected chi connectivity index (χ3v) is 7.07. The number of amides is 2. The van der Waals surface area contributed by atoms with Gasteiger partial charge in [0.25, 0.3) is 11.5 Å². The number of pyridine rings is 2. The van der Waals surface area contributed by atoms with Gasteiger partial charge in [-0.2, -0.15) is 0 Å². The molecule has 1 aliphatic rings. The van der Waals surface area contributed by atoms with Crippen molar-refractivity contribution >= 4 is 29.8 Å². The molecule has 13 heteroatoms. The second kappa shape index (κ2) is 14.7. The Bertz CT molecular complexity index is 1620. The highest BCUT2D eigenvalue weighted by molar-refractivity contribution is 6.02. The highest BCUT2D eigenvalue weighted by atomic mass is 16.5. The molecule has 3 atom stereocenters. The van der Waals surface area contributed by atoms with Gasteiger partial charge in [0.2, 0.25) is 5.91 Å². The lowest BCUT2D eigenvalue weighted by Gasteiger charge is -2.28. The van der Waals surface area contributed by atoms with Crippen molar-refractivity contribution < 1.29 is 28.4 Å². The molecule has 0 bridgehead atoms. The molecule has 4 heterocycles. The molecule has 1 fully saturated rings. The Morgan fingerprint density at radius 3 is 2.80 bits per heavy atom. The molecule has 0 unspecified atom stereocenters. The number of rotatable bonds is 13. The largest absolute Gasteiger partial charge is 0.456 e. The van der Waals surface area contributed by atoms with Crippen LogP contribution >= 0.6 is 0 Å². The molecule has 0 aromatic carbocycles. The van der Waals surface area contributed by atoms with Crippen LogP contribution in [0.15, 0.2) is 70.3 Å². The molecule has 0 aliphatic carbocycles. The first kappa shape index (κ1) is 31.6. The van der Waals surface area contributed by atoms with Crippen LogP contribution in [0.3, 0.4) is 0 Å². The lowest BCUT2D eigenvalue weighted by molar-refractivity contribution is -0.139. The Kier molecular flexibility index (Phi) is 10.6. The molecule has 1 aliphatic heterocycles.